The standard InChI is InChI=1S/C12H17N5O2S/c1-18-11(19-2)9-17-12(14-15-16-17)20-7-5-10-4-3-6-13-8-10/h3-4,6,8,11H,5,7,9H2,1-2H3. The van der Waals surface area contributed by atoms with Gasteiger partial charge in [0.2, 0.25) is 5.16 Å². The van der Waals surface area contributed by atoms with Crippen LogP contribution in [0.15, 0.2) is 29.7 Å². The maximum atomic E-state index is 5.15. The summed E-state index contributed by atoms with van der Waals surface area (Å²) in [6.07, 6.45) is 4.21. The second-order valence-corrected chi connectivity index (χ2v) is 5.07. The summed E-state index contributed by atoms with van der Waals surface area (Å²) >= 11 is 1.60. The summed E-state index contributed by atoms with van der Waals surface area (Å²) in [5.41, 5.74) is 1.20. The summed E-state index contributed by atoms with van der Waals surface area (Å²) < 4.78 is 12.0. The summed E-state index contributed by atoms with van der Waals surface area (Å²) in [6, 6.07) is 3.99. The van der Waals surface area contributed by atoms with E-state index in [0.29, 0.717) is 6.54 Å². The third kappa shape index (κ3) is 4.26. The van der Waals surface area contributed by atoms with Crippen molar-refractivity contribution in [3.05, 3.63) is 30.1 Å². The topological polar surface area (TPSA) is 75.0 Å². The Balaban J connectivity index is 1.86. The molecule has 0 fully saturated rings. The molecule has 0 amide bonds. The monoisotopic (exact) mass is 295 g/mol. The Kier molecular flexibility index (Phi) is 5.90. The minimum Gasteiger partial charge on any atom is -0.354 e. The molecule has 0 aliphatic rings. The first-order chi connectivity index (χ1) is 9.83. The number of pyridine rings is 1. The molecule has 2 aromatic heterocycles. The minimum absolute atomic E-state index is 0.351. The van der Waals surface area contributed by atoms with Gasteiger partial charge in [-0.25, -0.2) is 4.68 Å². The van der Waals surface area contributed by atoms with E-state index in [1.165, 1.54) is 5.56 Å². The Labute approximate surface area is 121 Å². The Morgan fingerprint density at radius 1 is 1.35 bits per heavy atom. The maximum absolute atomic E-state index is 5.15. The lowest BCUT2D eigenvalue weighted by Gasteiger charge is -2.13. The highest BCUT2D eigenvalue weighted by atomic mass is 32.2. The molecule has 7 nitrogen and oxygen atoms in total. The third-order valence-corrected chi connectivity index (χ3v) is 3.65. The largest absolute Gasteiger partial charge is 0.354 e. The van der Waals surface area contributed by atoms with E-state index in [4.69, 9.17) is 9.47 Å². The predicted octanol–water partition coefficient (Wildman–Crippen LogP) is 1.02. The fourth-order valence-corrected chi connectivity index (χ4v) is 2.48. The highest BCUT2D eigenvalue weighted by Crippen LogP contribution is 2.16. The smallest absolute Gasteiger partial charge is 0.209 e. The lowest BCUT2D eigenvalue weighted by atomic mass is 10.2. The van der Waals surface area contributed by atoms with E-state index in [1.54, 1.807) is 36.9 Å². The molecule has 0 aliphatic carbocycles. The quantitative estimate of drug-likeness (QED) is 0.531. The Morgan fingerprint density at radius 2 is 2.20 bits per heavy atom. The summed E-state index contributed by atoms with van der Waals surface area (Å²) in [5, 5.41) is 12.4. The van der Waals surface area contributed by atoms with Crippen LogP contribution in [0.4, 0.5) is 0 Å². The van der Waals surface area contributed by atoms with Crippen molar-refractivity contribution in [3.8, 4) is 0 Å². The van der Waals surface area contributed by atoms with Gasteiger partial charge in [0.1, 0.15) is 0 Å². The third-order valence-electron chi connectivity index (χ3n) is 2.69. The van der Waals surface area contributed by atoms with E-state index >= 15 is 0 Å². The molecule has 0 N–H and O–H groups in total. The van der Waals surface area contributed by atoms with Gasteiger partial charge in [-0.05, 0) is 28.5 Å². The zero-order valence-electron chi connectivity index (χ0n) is 11.5. The number of aryl methyl sites for hydroxylation is 1. The molecule has 20 heavy (non-hydrogen) atoms. The zero-order valence-corrected chi connectivity index (χ0v) is 12.3. The fourth-order valence-electron chi connectivity index (χ4n) is 1.61. The number of methoxy groups -OCH3 is 2. The number of hydrogen-bond acceptors (Lipinski definition) is 7. The van der Waals surface area contributed by atoms with Crippen LogP contribution in [0.1, 0.15) is 5.56 Å². The van der Waals surface area contributed by atoms with E-state index in [2.05, 4.69) is 26.6 Å². The second-order valence-electron chi connectivity index (χ2n) is 4.00. The van der Waals surface area contributed by atoms with Crippen molar-refractivity contribution < 1.29 is 9.47 Å². The highest BCUT2D eigenvalue weighted by molar-refractivity contribution is 7.99. The first-order valence-corrected chi connectivity index (χ1v) is 7.15. The fraction of sp³-hybridized carbons (Fsp3) is 0.500. The van der Waals surface area contributed by atoms with E-state index in [9.17, 15) is 0 Å². The van der Waals surface area contributed by atoms with Gasteiger partial charge < -0.3 is 9.47 Å². The molecule has 8 heteroatoms. The molecule has 2 heterocycles. The van der Waals surface area contributed by atoms with E-state index in [0.717, 1.165) is 17.3 Å². The molecule has 2 rings (SSSR count). The molecule has 0 aromatic carbocycles. The van der Waals surface area contributed by atoms with Crippen molar-refractivity contribution in [1.29, 1.82) is 0 Å². The first-order valence-electron chi connectivity index (χ1n) is 6.17. The second kappa shape index (κ2) is 7.93. The number of ether oxygens (including phenoxy) is 2. The van der Waals surface area contributed by atoms with Gasteiger partial charge >= 0.3 is 0 Å². The van der Waals surface area contributed by atoms with E-state index in [1.807, 2.05) is 12.3 Å². The van der Waals surface area contributed by atoms with Crippen LogP contribution in [0, 0.1) is 0 Å². The van der Waals surface area contributed by atoms with Gasteiger partial charge in [0, 0.05) is 32.4 Å². The van der Waals surface area contributed by atoms with Crippen molar-refractivity contribution in [1.82, 2.24) is 25.2 Å². The van der Waals surface area contributed by atoms with Crippen LogP contribution >= 0.6 is 11.8 Å². The number of hydrogen-bond donors (Lipinski definition) is 0. The van der Waals surface area contributed by atoms with Crippen molar-refractivity contribution in [3.63, 3.8) is 0 Å². The van der Waals surface area contributed by atoms with Crippen molar-refractivity contribution in [2.24, 2.45) is 0 Å². The molecular weight excluding hydrogens is 278 g/mol. The van der Waals surface area contributed by atoms with Gasteiger partial charge in [0.25, 0.3) is 0 Å². The molecule has 0 spiro atoms. The van der Waals surface area contributed by atoms with Gasteiger partial charge in [-0.1, -0.05) is 17.8 Å². The summed E-state index contributed by atoms with van der Waals surface area (Å²) in [6.45, 7) is 0.467. The SMILES string of the molecule is COC(Cn1nnnc1SCCc1cccnc1)OC. The molecule has 0 atom stereocenters. The summed E-state index contributed by atoms with van der Waals surface area (Å²) in [7, 11) is 3.18. The van der Waals surface area contributed by atoms with Crippen LogP contribution in [0.2, 0.25) is 0 Å². The average molecular weight is 295 g/mol. The summed E-state index contributed by atoms with van der Waals surface area (Å²) in [4.78, 5) is 4.09. The molecule has 0 saturated heterocycles. The molecule has 2 aromatic rings. The average Bonchev–Trinajstić information content (AvgIpc) is 2.93. The zero-order chi connectivity index (χ0) is 14.2. The normalized spacial score (nSPS) is 11.2. The number of thioether (sulfide) groups is 1. The predicted molar refractivity (Wildman–Crippen MR) is 74.3 cm³/mol. The molecule has 0 saturated carbocycles. The number of nitrogens with zero attached hydrogens (tertiary/aromatic N) is 5. The lowest BCUT2D eigenvalue weighted by Crippen LogP contribution is -2.22. The van der Waals surface area contributed by atoms with Gasteiger partial charge in [0.15, 0.2) is 6.29 Å². The van der Waals surface area contributed by atoms with Crippen LogP contribution in [0.5, 0.6) is 0 Å². The Hall–Kier alpha value is -1.51. The number of rotatable bonds is 8. The van der Waals surface area contributed by atoms with Crippen LogP contribution in [-0.2, 0) is 22.4 Å². The van der Waals surface area contributed by atoms with Gasteiger partial charge in [0.05, 0.1) is 6.54 Å². The molecule has 0 unspecified atom stereocenters. The van der Waals surface area contributed by atoms with Crippen molar-refractivity contribution >= 4 is 11.8 Å². The van der Waals surface area contributed by atoms with Crippen LogP contribution in [0.25, 0.3) is 0 Å². The van der Waals surface area contributed by atoms with Crippen LogP contribution in [-0.4, -0.2) is 51.5 Å². The molecular formula is C12H17N5O2S. The summed E-state index contributed by atoms with van der Waals surface area (Å²) in [5.74, 6) is 0.886. The highest BCUT2D eigenvalue weighted by Gasteiger charge is 2.12. The molecule has 108 valence electrons. The minimum atomic E-state index is -0.351. The molecule has 0 aliphatic heterocycles. The van der Waals surface area contributed by atoms with Crippen molar-refractivity contribution in [2.45, 2.75) is 24.4 Å². The maximum Gasteiger partial charge on any atom is 0.209 e. The number of tetrazole rings is 1. The first kappa shape index (κ1) is 14.9. The van der Waals surface area contributed by atoms with E-state index in [-0.39, 0.29) is 6.29 Å². The van der Waals surface area contributed by atoms with Crippen LogP contribution in [0.3, 0.4) is 0 Å². The Bertz CT molecular complexity index is 504. The Morgan fingerprint density at radius 3 is 2.90 bits per heavy atom. The van der Waals surface area contributed by atoms with Crippen molar-refractivity contribution in [2.75, 3.05) is 20.0 Å². The van der Waals surface area contributed by atoms with Gasteiger partial charge in [-0.2, -0.15) is 0 Å². The van der Waals surface area contributed by atoms with Gasteiger partial charge in [-0.3, -0.25) is 4.98 Å². The molecule has 0 radical (unpaired) electrons. The van der Waals surface area contributed by atoms with Gasteiger partial charge in [-0.15, -0.1) is 5.10 Å². The van der Waals surface area contributed by atoms with E-state index < -0.39 is 0 Å². The molecule has 0 bridgehead atoms. The lowest BCUT2D eigenvalue weighted by molar-refractivity contribution is -0.113. The van der Waals surface area contributed by atoms with Crippen LogP contribution < -0.4 is 0 Å². The number of aromatic nitrogens is 5.